The number of nitrogens with one attached hydrogen (secondary N) is 1. The summed E-state index contributed by atoms with van der Waals surface area (Å²) >= 11 is 11.6. The molecular formula is C16H10Cl2N2O2. The number of hydrogen-bond donors (Lipinski definition) is 1. The lowest BCUT2D eigenvalue weighted by Gasteiger charge is -2.09. The van der Waals surface area contributed by atoms with Crippen molar-refractivity contribution in [3.8, 4) is 6.07 Å². The number of benzene rings is 2. The van der Waals surface area contributed by atoms with Crippen molar-refractivity contribution < 1.29 is 9.59 Å². The molecule has 0 aliphatic heterocycles. The molecule has 0 aromatic heterocycles. The third-order valence-electron chi connectivity index (χ3n) is 2.93. The molecule has 1 N–H and O–H groups in total. The average Bonchev–Trinajstić information content (AvgIpc) is 2.52. The van der Waals surface area contributed by atoms with Crippen molar-refractivity contribution in [3.05, 3.63) is 64.1 Å². The maximum atomic E-state index is 12.1. The molecule has 4 nitrogen and oxygen atoms in total. The molecule has 2 aromatic carbocycles. The fourth-order valence-corrected chi connectivity index (χ4v) is 2.13. The van der Waals surface area contributed by atoms with Gasteiger partial charge in [-0.2, -0.15) is 5.26 Å². The van der Waals surface area contributed by atoms with Crippen molar-refractivity contribution in [2.45, 2.75) is 5.92 Å². The van der Waals surface area contributed by atoms with Crippen LogP contribution in [0.25, 0.3) is 0 Å². The van der Waals surface area contributed by atoms with Crippen LogP contribution < -0.4 is 5.32 Å². The van der Waals surface area contributed by atoms with E-state index >= 15 is 0 Å². The first kappa shape index (κ1) is 16.0. The first-order valence-corrected chi connectivity index (χ1v) is 7.03. The van der Waals surface area contributed by atoms with Crippen LogP contribution in [0.2, 0.25) is 10.0 Å². The Morgan fingerprint density at radius 2 is 1.73 bits per heavy atom. The second-order valence-corrected chi connectivity index (χ2v) is 5.23. The van der Waals surface area contributed by atoms with Crippen molar-refractivity contribution in [1.29, 1.82) is 5.26 Å². The SMILES string of the molecule is N#CC(C(=O)C(=O)Nc1ccc(Cl)c(Cl)c1)c1ccccc1. The molecule has 6 heteroatoms. The molecule has 0 fully saturated rings. The van der Waals surface area contributed by atoms with Gasteiger partial charge in [0.15, 0.2) is 0 Å². The zero-order valence-electron chi connectivity index (χ0n) is 11.2. The minimum atomic E-state index is -1.15. The van der Waals surface area contributed by atoms with E-state index in [2.05, 4.69) is 5.32 Å². The van der Waals surface area contributed by atoms with Crippen LogP contribution in [0.3, 0.4) is 0 Å². The van der Waals surface area contributed by atoms with Gasteiger partial charge in [-0.05, 0) is 23.8 Å². The number of nitriles is 1. The number of carbonyl (C=O) groups is 2. The largest absolute Gasteiger partial charge is 0.319 e. The van der Waals surface area contributed by atoms with E-state index in [-0.39, 0.29) is 5.02 Å². The number of nitrogens with zero attached hydrogens (tertiary/aromatic N) is 1. The highest BCUT2D eigenvalue weighted by molar-refractivity contribution is 6.44. The van der Waals surface area contributed by atoms with E-state index in [4.69, 9.17) is 28.5 Å². The Kier molecular flexibility index (Phi) is 5.16. The van der Waals surface area contributed by atoms with Crippen LogP contribution in [-0.4, -0.2) is 11.7 Å². The van der Waals surface area contributed by atoms with Crippen molar-refractivity contribution in [2.75, 3.05) is 5.32 Å². The highest BCUT2D eigenvalue weighted by Crippen LogP contribution is 2.25. The maximum absolute atomic E-state index is 12.1. The summed E-state index contributed by atoms with van der Waals surface area (Å²) in [6, 6.07) is 14.7. The smallest absolute Gasteiger partial charge is 0.293 e. The predicted octanol–water partition coefficient (Wildman–Crippen LogP) is 3.81. The van der Waals surface area contributed by atoms with Gasteiger partial charge in [-0.25, -0.2) is 0 Å². The summed E-state index contributed by atoms with van der Waals surface area (Å²) in [4.78, 5) is 24.1. The molecule has 1 atom stereocenters. The quantitative estimate of drug-likeness (QED) is 0.865. The fraction of sp³-hybridized carbons (Fsp3) is 0.0625. The lowest BCUT2D eigenvalue weighted by Crippen LogP contribution is -2.27. The van der Waals surface area contributed by atoms with E-state index in [1.807, 2.05) is 6.07 Å². The third kappa shape index (κ3) is 3.64. The zero-order valence-corrected chi connectivity index (χ0v) is 12.7. The van der Waals surface area contributed by atoms with Crippen LogP contribution in [0.4, 0.5) is 5.69 Å². The molecular weight excluding hydrogens is 323 g/mol. The van der Waals surface area contributed by atoms with Gasteiger partial charge in [0.1, 0.15) is 5.92 Å². The first-order chi connectivity index (χ1) is 10.5. The minimum absolute atomic E-state index is 0.256. The van der Waals surface area contributed by atoms with Gasteiger partial charge in [-0.3, -0.25) is 9.59 Å². The topological polar surface area (TPSA) is 70.0 Å². The minimum Gasteiger partial charge on any atom is -0.319 e. The molecule has 0 radical (unpaired) electrons. The lowest BCUT2D eigenvalue weighted by molar-refractivity contribution is -0.135. The van der Waals surface area contributed by atoms with Crippen molar-refractivity contribution >= 4 is 40.6 Å². The van der Waals surface area contributed by atoms with Crippen LogP contribution in [-0.2, 0) is 9.59 Å². The van der Waals surface area contributed by atoms with Crippen LogP contribution in [0.15, 0.2) is 48.5 Å². The molecule has 1 amide bonds. The number of hydrogen-bond acceptors (Lipinski definition) is 3. The molecule has 110 valence electrons. The standard InChI is InChI=1S/C16H10Cl2N2O2/c17-13-7-6-11(8-14(13)18)20-16(22)15(21)12(9-19)10-4-2-1-3-5-10/h1-8,12H,(H,20,22). The summed E-state index contributed by atoms with van der Waals surface area (Å²) < 4.78 is 0. The van der Waals surface area contributed by atoms with Gasteiger partial charge in [0.25, 0.3) is 5.91 Å². The Balaban J connectivity index is 2.16. The molecule has 0 aliphatic rings. The molecule has 0 aliphatic carbocycles. The molecule has 0 heterocycles. The Labute approximate surface area is 137 Å². The lowest BCUT2D eigenvalue weighted by atomic mass is 9.96. The molecule has 0 spiro atoms. The fourth-order valence-electron chi connectivity index (χ4n) is 1.83. The van der Waals surface area contributed by atoms with Gasteiger partial charge in [-0.1, -0.05) is 53.5 Å². The van der Waals surface area contributed by atoms with Crippen molar-refractivity contribution in [1.82, 2.24) is 0 Å². The molecule has 0 saturated heterocycles. The summed E-state index contributed by atoms with van der Waals surface area (Å²) in [6.45, 7) is 0. The molecule has 0 saturated carbocycles. The van der Waals surface area contributed by atoms with Gasteiger partial charge in [-0.15, -0.1) is 0 Å². The Morgan fingerprint density at radius 3 is 2.32 bits per heavy atom. The number of carbonyl (C=O) groups excluding carboxylic acids is 2. The summed E-state index contributed by atoms with van der Waals surface area (Å²) in [5.74, 6) is -2.86. The Bertz CT molecular complexity index is 754. The van der Waals surface area contributed by atoms with E-state index in [0.29, 0.717) is 16.3 Å². The molecule has 22 heavy (non-hydrogen) atoms. The van der Waals surface area contributed by atoms with Gasteiger partial charge in [0.05, 0.1) is 16.1 Å². The van der Waals surface area contributed by atoms with Crippen molar-refractivity contribution in [3.63, 3.8) is 0 Å². The zero-order chi connectivity index (χ0) is 16.1. The second-order valence-electron chi connectivity index (χ2n) is 4.42. The van der Waals surface area contributed by atoms with Crippen LogP contribution in [0.5, 0.6) is 0 Å². The van der Waals surface area contributed by atoms with Crippen LogP contribution >= 0.6 is 23.2 Å². The Hall–Kier alpha value is -2.35. The Morgan fingerprint density at radius 1 is 1.05 bits per heavy atom. The monoisotopic (exact) mass is 332 g/mol. The highest BCUT2D eigenvalue weighted by atomic mass is 35.5. The van der Waals surface area contributed by atoms with E-state index in [1.165, 1.54) is 18.2 Å². The average molecular weight is 333 g/mol. The predicted molar refractivity (Wildman–Crippen MR) is 84.9 cm³/mol. The maximum Gasteiger partial charge on any atom is 0.293 e. The highest BCUT2D eigenvalue weighted by Gasteiger charge is 2.26. The van der Waals surface area contributed by atoms with Crippen molar-refractivity contribution in [2.24, 2.45) is 0 Å². The number of rotatable bonds is 4. The summed E-state index contributed by atoms with van der Waals surface area (Å²) in [5.41, 5.74) is 0.803. The second kappa shape index (κ2) is 7.08. The number of amides is 1. The van der Waals surface area contributed by atoms with Crippen LogP contribution in [0, 0.1) is 11.3 Å². The molecule has 1 unspecified atom stereocenters. The molecule has 0 bridgehead atoms. The van der Waals surface area contributed by atoms with E-state index in [9.17, 15) is 9.59 Å². The summed E-state index contributed by atoms with van der Waals surface area (Å²) in [5, 5.41) is 12.2. The number of halogens is 2. The third-order valence-corrected chi connectivity index (χ3v) is 3.66. The van der Waals surface area contributed by atoms with Gasteiger partial charge in [0.2, 0.25) is 5.78 Å². The number of Topliss-reactive ketones (excluding diaryl/α,β-unsaturated/α-hetero) is 1. The van der Waals surface area contributed by atoms with E-state index < -0.39 is 17.6 Å². The normalized spacial score (nSPS) is 11.3. The van der Waals surface area contributed by atoms with E-state index in [0.717, 1.165) is 0 Å². The molecule has 2 rings (SSSR count). The van der Waals surface area contributed by atoms with E-state index in [1.54, 1.807) is 30.3 Å². The number of anilines is 1. The van der Waals surface area contributed by atoms with Gasteiger partial charge in [0, 0.05) is 5.69 Å². The first-order valence-electron chi connectivity index (χ1n) is 6.27. The molecule has 2 aromatic rings. The van der Waals surface area contributed by atoms with Gasteiger partial charge >= 0.3 is 0 Å². The number of ketones is 1. The summed E-state index contributed by atoms with van der Waals surface area (Å²) in [6.07, 6.45) is 0. The van der Waals surface area contributed by atoms with Gasteiger partial charge < -0.3 is 5.32 Å². The summed E-state index contributed by atoms with van der Waals surface area (Å²) in [7, 11) is 0. The van der Waals surface area contributed by atoms with Crippen LogP contribution in [0.1, 0.15) is 11.5 Å².